The van der Waals surface area contributed by atoms with Gasteiger partial charge in [-0.3, -0.25) is 9.89 Å². The van der Waals surface area contributed by atoms with E-state index < -0.39 is 0 Å². The van der Waals surface area contributed by atoms with Crippen LogP contribution < -0.4 is 10.6 Å². The fraction of sp³-hybridized carbons (Fsp3) is 0.938. The molecule has 0 aromatic carbocycles. The first kappa shape index (κ1) is 20.0. The average molecular weight is 424 g/mol. The SMILES string of the molecule is CCNC(=NCC1(C)CCCC1)NCCN1CCOCC1.I. The van der Waals surface area contributed by atoms with Crippen LogP contribution in [0.25, 0.3) is 0 Å². The molecule has 0 amide bonds. The number of nitrogens with one attached hydrogen (secondary N) is 2. The molecule has 0 atom stereocenters. The van der Waals surface area contributed by atoms with Crippen LogP contribution in [0, 0.1) is 5.41 Å². The van der Waals surface area contributed by atoms with Gasteiger partial charge in [0.1, 0.15) is 0 Å². The van der Waals surface area contributed by atoms with Gasteiger partial charge in [-0.05, 0) is 25.2 Å². The van der Waals surface area contributed by atoms with E-state index in [0.717, 1.165) is 58.4 Å². The van der Waals surface area contributed by atoms with Crippen molar-refractivity contribution in [2.75, 3.05) is 52.5 Å². The Kier molecular flexibility index (Phi) is 9.66. The highest BCUT2D eigenvalue weighted by Crippen LogP contribution is 2.37. The summed E-state index contributed by atoms with van der Waals surface area (Å²) in [6.07, 6.45) is 5.38. The van der Waals surface area contributed by atoms with Crippen LogP contribution in [0.2, 0.25) is 0 Å². The largest absolute Gasteiger partial charge is 0.379 e. The minimum absolute atomic E-state index is 0. The zero-order chi connectivity index (χ0) is 15.0. The maximum atomic E-state index is 5.37. The summed E-state index contributed by atoms with van der Waals surface area (Å²) in [5.74, 6) is 0.971. The van der Waals surface area contributed by atoms with E-state index in [9.17, 15) is 0 Å². The highest BCUT2D eigenvalue weighted by Gasteiger charge is 2.28. The molecule has 2 rings (SSSR count). The number of halogens is 1. The Morgan fingerprint density at radius 2 is 1.86 bits per heavy atom. The Morgan fingerprint density at radius 1 is 1.18 bits per heavy atom. The van der Waals surface area contributed by atoms with Gasteiger partial charge in [0, 0.05) is 39.3 Å². The van der Waals surface area contributed by atoms with Gasteiger partial charge in [0.15, 0.2) is 5.96 Å². The Labute approximate surface area is 152 Å². The summed E-state index contributed by atoms with van der Waals surface area (Å²) in [4.78, 5) is 7.24. The smallest absolute Gasteiger partial charge is 0.191 e. The molecule has 22 heavy (non-hydrogen) atoms. The summed E-state index contributed by atoms with van der Waals surface area (Å²) >= 11 is 0. The zero-order valence-corrected chi connectivity index (χ0v) is 16.5. The molecule has 5 nitrogen and oxygen atoms in total. The molecule has 1 saturated carbocycles. The van der Waals surface area contributed by atoms with Crippen molar-refractivity contribution in [3.63, 3.8) is 0 Å². The summed E-state index contributed by atoms with van der Waals surface area (Å²) in [6.45, 7) is 12.2. The van der Waals surface area contributed by atoms with E-state index in [2.05, 4.69) is 29.4 Å². The quantitative estimate of drug-likeness (QED) is 0.390. The lowest BCUT2D eigenvalue weighted by molar-refractivity contribution is 0.0389. The van der Waals surface area contributed by atoms with Gasteiger partial charge in [-0.15, -0.1) is 24.0 Å². The van der Waals surface area contributed by atoms with Crippen molar-refractivity contribution in [2.24, 2.45) is 10.4 Å². The third-order valence-corrected chi connectivity index (χ3v) is 4.60. The van der Waals surface area contributed by atoms with Gasteiger partial charge in [0.25, 0.3) is 0 Å². The van der Waals surface area contributed by atoms with Crippen LogP contribution in [0.15, 0.2) is 4.99 Å². The summed E-state index contributed by atoms with van der Waals surface area (Å²) in [6, 6.07) is 0. The molecule has 1 aliphatic heterocycles. The Bertz CT molecular complexity index is 326. The summed E-state index contributed by atoms with van der Waals surface area (Å²) in [5, 5.41) is 6.82. The fourth-order valence-electron chi connectivity index (χ4n) is 3.16. The molecule has 130 valence electrons. The first-order chi connectivity index (χ1) is 10.2. The minimum atomic E-state index is 0. The van der Waals surface area contributed by atoms with Crippen molar-refractivity contribution in [3.05, 3.63) is 0 Å². The van der Waals surface area contributed by atoms with Crippen molar-refractivity contribution in [2.45, 2.75) is 39.5 Å². The molecule has 0 aromatic heterocycles. The van der Waals surface area contributed by atoms with Crippen LogP contribution in [0.4, 0.5) is 0 Å². The highest BCUT2D eigenvalue weighted by molar-refractivity contribution is 14.0. The van der Waals surface area contributed by atoms with Gasteiger partial charge < -0.3 is 15.4 Å². The van der Waals surface area contributed by atoms with E-state index in [1.165, 1.54) is 25.7 Å². The number of rotatable bonds is 6. The molecule has 1 heterocycles. The lowest BCUT2D eigenvalue weighted by Gasteiger charge is -2.27. The molecule has 0 aromatic rings. The van der Waals surface area contributed by atoms with Crippen LogP contribution in [0.5, 0.6) is 0 Å². The molecule has 1 saturated heterocycles. The number of ether oxygens (including phenoxy) is 1. The van der Waals surface area contributed by atoms with Gasteiger partial charge in [0.2, 0.25) is 0 Å². The lowest BCUT2D eigenvalue weighted by Crippen LogP contribution is -2.44. The van der Waals surface area contributed by atoms with E-state index in [-0.39, 0.29) is 24.0 Å². The lowest BCUT2D eigenvalue weighted by atomic mass is 9.89. The fourth-order valence-corrected chi connectivity index (χ4v) is 3.16. The van der Waals surface area contributed by atoms with E-state index in [4.69, 9.17) is 9.73 Å². The molecule has 0 spiro atoms. The minimum Gasteiger partial charge on any atom is -0.379 e. The molecular weight excluding hydrogens is 391 g/mol. The van der Waals surface area contributed by atoms with Gasteiger partial charge in [-0.2, -0.15) is 0 Å². The van der Waals surface area contributed by atoms with Crippen LogP contribution in [0.3, 0.4) is 0 Å². The first-order valence-electron chi connectivity index (χ1n) is 8.54. The van der Waals surface area contributed by atoms with Crippen LogP contribution in [-0.4, -0.2) is 63.3 Å². The molecule has 0 bridgehead atoms. The van der Waals surface area contributed by atoms with Crippen LogP contribution in [-0.2, 0) is 4.74 Å². The van der Waals surface area contributed by atoms with Crippen molar-refractivity contribution < 1.29 is 4.74 Å². The third-order valence-electron chi connectivity index (χ3n) is 4.60. The predicted octanol–water partition coefficient (Wildman–Crippen LogP) is 2.07. The van der Waals surface area contributed by atoms with Gasteiger partial charge >= 0.3 is 0 Å². The zero-order valence-electron chi connectivity index (χ0n) is 14.2. The maximum Gasteiger partial charge on any atom is 0.191 e. The summed E-state index contributed by atoms with van der Waals surface area (Å²) in [5.41, 5.74) is 0.423. The molecule has 2 fully saturated rings. The Balaban J connectivity index is 0.00000242. The first-order valence-corrected chi connectivity index (χ1v) is 8.54. The second-order valence-corrected chi connectivity index (χ2v) is 6.59. The maximum absolute atomic E-state index is 5.37. The van der Waals surface area contributed by atoms with Gasteiger partial charge in [0.05, 0.1) is 13.2 Å². The number of aliphatic imine (C=N–C) groups is 1. The number of nitrogens with zero attached hydrogens (tertiary/aromatic N) is 2. The highest BCUT2D eigenvalue weighted by atomic mass is 127. The van der Waals surface area contributed by atoms with Crippen LogP contribution >= 0.6 is 24.0 Å². The standard InChI is InChI=1S/C16H32N4O.HI/c1-3-17-15(19-14-16(2)6-4-5-7-16)18-8-9-20-10-12-21-13-11-20;/h3-14H2,1-2H3,(H2,17,18,19);1H. The Hall–Kier alpha value is -0.0800. The van der Waals surface area contributed by atoms with Gasteiger partial charge in [-0.25, -0.2) is 0 Å². The normalized spacial score (nSPS) is 22.2. The predicted molar refractivity (Wildman–Crippen MR) is 103 cm³/mol. The average Bonchev–Trinajstić information content (AvgIpc) is 2.93. The topological polar surface area (TPSA) is 48.9 Å². The molecular formula is C16H33IN4O. The second kappa shape index (κ2) is 10.6. The van der Waals surface area contributed by atoms with Crippen molar-refractivity contribution in [1.29, 1.82) is 0 Å². The molecule has 2 aliphatic rings. The number of guanidine groups is 1. The third kappa shape index (κ3) is 7.00. The van der Waals surface area contributed by atoms with Crippen molar-refractivity contribution in [1.82, 2.24) is 15.5 Å². The van der Waals surface area contributed by atoms with Crippen molar-refractivity contribution in [3.8, 4) is 0 Å². The van der Waals surface area contributed by atoms with E-state index >= 15 is 0 Å². The molecule has 0 radical (unpaired) electrons. The van der Waals surface area contributed by atoms with Crippen molar-refractivity contribution >= 4 is 29.9 Å². The molecule has 0 unspecified atom stereocenters. The number of hydrogen-bond donors (Lipinski definition) is 2. The molecule has 2 N–H and O–H groups in total. The van der Waals surface area contributed by atoms with Crippen LogP contribution in [0.1, 0.15) is 39.5 Å². The summed E-state index contributed by atoms with van der Waals surface area (Å²) in [7, 11) is 0. The second-order valence-electron chi connectivity index (χ2n) is 6.59. The van der Waals surface area contributed by atoms with E-state index in [1.54, 1.807) is 0 Å². The van der Waals surface area contributed by atoms with E-state index in [0.29, 0.717) is 5.41 Å². The molecule has 6 heteroatoms. The van der Waals surface area contributed by atoms with E-state index in [1.807, 2.05) is 0 Å². The number of hydrogen-bond acceptors (Lipinski definition) is 3. The Morgan fingerprint density at radius 3 is 2.50 bits per heavy atom. The number of morpholine rings is 1. The monoisotopic (exact) mass is 424 g/mol. The molecule has 1 aliphatic carbocycles. The summed E-state index contributed by atoms with van der Waals surface area (Å²) < 4.78 is 5.37. The van der Waals surface area contributed by atoms with Gasteiger partial charge in [-0.1, -0.05) is 19.8 Å².